The summed E-state index contributed by atoms with van der Waals surface area (Å²) in [6, 6.07) is 5.47. The van der Waals surface area contributed by atoms with Crippen LogP contribution in [0.3, 0.4) is 0 Å². The molecular weight excluding hydrogens is 278 g/mol. The minimum absolute atomic E-state index is 0.0868. The van der Waals surface area contributed by atoms with Crippen LogP contribution in [0.25, 0.3) is 0 Å². The highest BCUT2D eigenvalue weighted by molar-refractivity contribution is 7.10. The molecule has 0 aliphatic rings. The molecule has 2 heterocycles. The van der Waals surface area contributed by atoms with Crippen molar-refractivity contribution in [3.8, 4) is 0 Å². The zero-order valence-electron chi connectivity index (χ0n) is 11.3. The molecule has 0 saturated heterocycles. The molecule has 7 heteroatoms. The van der Waals surface area contributed by atoms with Crippen molar-refractivity contribution in [3.05, 3.63) is 50.0 Å². The molecule has 1 unspecified atom stereocenters. The van der Waals surface area contributed by atoms with Gasteiger partial charge in [-0.2, -0.15) is 5.10 Å². The van der Waals surface area contributed by atoms with Gasteiger partial charge in [0.25, 0.3) is 0 Å². The van der Waals surface area contributed by atoms with Crippen LogP contribution in [0.4, 0.5) is 0 Å². The summed E-state index contributed by atoms with van der Waals surface area (Å²) in [5.41, 5.74) is 1.51. The Labute approximate surface area is 120 Å². The van der Waals surface area contributed by atoms with Gasteiger partial charge in [0, 0.05) is 21.9 Å². The highest BCUT2D eigenvalue weighted by atomic mass is 32.1. The number of hydrogen-bond donors (Lipinski definition) is 0. The van der Waals surface area contributed by atoms with E-state index in [9.17, 15) is 14.9 Å². The lowest BCUT2D eigenvalue weighted by atomic mass is 10.0. The van der Waals surface area contributed by atoms with Gasteiger partial charge in [-0.3, -0.25) is 14.9 Å². The molecule has 0 N–H and O–H groups in total. The van der Waals surface area contributed by atoms with Gasteiger partial charge in [0.05, 0.1) is 11.6 Å². The van der Waals surface area contributed by atoms with Crippen LogP contribution >= 0.6 is 11.3 Å². The predicted octanol–water partition coefficient (Wildman–Crippen LogP) is 2.65. The number of aromatic nitrogens is 2. The molecule has 2 aromatic rings. The zero-order chi connectivity index (χ0) is 14.7. The molecule has 0 spiro atoms. The second-order valence-electron chi connectivity index (χ2n) is 4.66. The Hall–Kier alpha value is -2.02. The van der Waals surface area contributed by atoms with E-state index in [1.807, 2.05) is 30.5 Å². The number of nitro groups is 1. The van der Waals surface area contributed by atoms with Crippen molar-refractivity contribution in [3.63, 3.8) is 0 Å². The Morgan fingerprint density at radius 3 is 2.80 bits per heavy atom. The van der Waals surface area contributed by atoms with Gasteiger partial charge >= 0.3 is 0 Å². The average Bonchev–Trinajstić information content (AvgIpc) is 2.97. The molecule has 6 nitrogen and oxygen atoms in total. The molecule has 0 bridgehead atoms. The third-order valence-corrected chi connectivity index (χ3v) is 4.02. The second-order valence-corrected chi connectivity index (χ2v) is 5.64. The second kappa shape index (κ2) is 5.96. The lowest BCUT2D eigenvalue weighted by molar-refractivity contribution is -0.483. The molecular formula is C13H15N3O3S. The number of carbonyl (C=O) groups is 1. The topological polar surface area (TPSA) is 78.0 Å². The van der Waals surface area contributed by atoms with E-state index in [0.29, 0.717) is 0 Å². The van der Waals surface area contributed by atoms with Crippen LogP contribution in [-0.2, 0) is 0 Å². The van der Waals surface area contributed by atoms with Crippen molar-refractivity contribution in [2.45, 2.75) is 26.2 Å². The Morgan fingerprint density at radius 1 is 1.55 bits per heavy atom. The summed E-state index contributed by atoms with van der Waals surface area (Å²) < 4.78 is 1.33. The summed E-state index contributed by atoms with van der Waals surface area (Å²) in [5.74, 6) is -0.614. The van der Waals surface area contributed by atoms with Crippen LogP contribution in [0.15, 0.2) is 23.6 Å². The van der Waals surface area contributed by atoms with E-state index in [4.69, 9.17) is 0 Å². The highest BCUT2D eigenvalue weighted by Crippen LogP contribution is 2.25. The highest BCUT2D eigenvalue weighted by Gasteiger charge is 2.24. The van der Waals surface area contributed by atoms with E-state index in [-0.39, 0.29) is 23.8 Å². The fourth-order valence-electron chi connectivity index (χ4n) is 2.14. The zero-order valence-corrected chi connectivity index (χ0v) is 12.1. The molecule has 20 heavy (non-hydrogen) atoms. The first kappa shape index (κ1) is 14.4. The first-order chi connectivity index (χ1) is 9.47. The predicted molar refractivity (Wildman–Crippen MR) is 75.9 cm³/mol. The quantitative estimate of drug-likeness (QED) is 0.627. The van der Waals surface area contributed by atoms with Gasteiger partial charge in [0.15, 0.2) is 0 Å². The van der Waals surface area contributed by atoms with E-state index in [2.05, 4.69) is 5.10 Å². The van der Waals surface area contributed by atoms with Gasteiger partial charge in [0.2, 0.25) is 12.5 Å². The fourth-order valence-corrected chi connectivity index (χ4v) is 2.96. The summed E-state index contributed by atoms with van der Waals surface area (Å²) >= 11 is 1.43. The number of thiophene rings is 1. The Balaban J connectivity index is 2.17. The lowest BCUT2D eigenvalue weighted by Gasteiger charge is -2.10. The Morgan fingerprint density at radius 2 is 2.30 bits per heavy atom. The summed E-state index contributed by atoms with van der Waals surface area (Å²) in [5, 5.41) is 16.8. The molecule has 0 amide bonds. The van der Waals surface area contributed by atoms with E-state index in [0.717, 1.165) is 16.3 Å². The lowest BCUT2D eigenvalue weighted by Crippen LogP contribution is -2.21. The maximum absolute atomic E-state index is 12.2. The van der Waals surface area contributed by atoms with Gasteiger partial charge in [-0.15, -0.1) is 11.3 Å². The van der Waals surface area contributed by atoms with Crippen LogP contribution in [0.2, 0.25) is 0 Å². The monoisotopic (exact) mass is 293 g/mol. The fraction of sp³-hybridized carbons (Fsp3) is 0.385. The number of carbonyl (C=O) groups excluding carboxylic acids is 1. The Kier molecular flexibility index (Phi) is 4.29. The number of aryl methyl sites for hydroxylation is 2. The third kappa shape index (κ3) is 3.30. The van der Waals surface area contributed by atoms with Crippen molar-refractivity contribution in [1.29, 1.82) is 0 Å². The maximum Gasteiger partial charge on any atom is 0.247 e. The largest absolute Gasteiger partial charge is 0.273 e. The standard InChI is InChI=1S/C13H15N3O3S/c1-9-6-10(2)16(14-9)13(17)7-11(8-15(18)19)12-4-3-5-20-12/h3-6,11H,7-8H2,1-2H3. The van der Waals surface area contributed by atoms with Crippen LogP contribution in [0, 0.1) is 24.0 Å². The molecule has 2 rings (SSSR count). The van der Waals surface area contributed by atoms with Crippen molar-refractivity contribution in [1.82, 2.24) is 9.78 Å². The Bertz CT molecular complexity index is 619. The van der Waals surface area contributed by atoms with Crippen LogP contribution < -0.4 is 0 Å². The molecule has 2 aromatic heterocycles. The van der Waals surface area contributed by atoms with Gasteiger partial charge in [0.1, 0.15) is 0 Å². The minimum Gasteiger partial charge on any atom is -0.273 e. The van der Waals surface area contributed by atoms with Gasteiger partial charge < -0.3 is 0 Å². The molecule has 0 radical (unpaired) electrons. The van der Waals surface area contributed by atoms with Gasteiger partial charge in [-0.1, -0.05) is 6.07 Å². The molecule has 0 aliphatic carbocycles. The van der Waals surface area contributed by atoms with Crippen LogP contribution in [-0.4, -0.2) is 27.2 Å². The smallest absolute Gasteiger partial charge is 0.247 e. The molecule has 106 valence electrons. The first-order valence-corrected chi connectivity index (χ1v) is 7.07. The normalized spacial score (nSPS) is 12.3. The SMILES string of the molecule is Cc1cc(C)n(C(=O)CC(C[N+](=O)[O-])c2cccs2)n1. The first-order valence-electron chi connectivity index (χ1n) is 6.19. The average molecular weight is 293 g/mol. The van der Waals surface area contributed by atoms with Crippen molar-refractivity contribution < 1.29 is 9.72 Å². The number of hydrogen-bond acceptors (Lipinski definition) is 5. The number of rotatable bonds is 5. The summed E-state index contributed by atoms with van der Waals surface area (Å²) in [7, 11) is 0. The number of nitrogens with zero attached hydrogens (tertiary/aromatic N) is 3. The molecule has 1 atom stereocenters. The van der Waals surface area contributed by atoms with Crippen molar-refractivity contribution >= 4 is 17.2 Å². The third-order valence-electron chi connectivity index (χ3n) is 2.98. The van der Waals surface area contributed by atoms with E-state index in [1.54, 1.807) is 6.92 Å². The van der Waals surface area contributed by atoms with Crippen LogP contribution in [0.1, 0.15) is 33.4 Å². The van der Waals surface area contributed by atoms with E-state index in [1.165, 1.54) is 16.0 Å². The molecule has 0 aliphatic heterocycles. The molecule has 0 aromatic carbocycles. The maximum atomic E-state index is 12.2. The van der Waals surface area contributed by atoms with Crippen LogP contribution in [0.5, 0.6) is 0 Å². The summed E-state index contributed by atoms with van der Waals surface area (Å²) in [4.78, 5) is 23.5. The molecule has 0 fully saturated rings. The van der Waals surface area contributed by atoms with E-state index >= 15 is 0 Å². The van der Waals surface area contributed by atoms with E-state index < -0.39 is 5.92 Å². The minimum atomic E-state index is -0.401. The summed E-state index contributed by atoms with van der Waals surface area (Å²) in [6.45, 7) is 3.36. The summed E-state index contributed by atoms with van der Waals surface area (Å²) in [6.07, 6.45) is 0.0868. The van der Waals surface area contributed by atoms with Crippen molar-refractivity contribution in [2.24, 2.45) is 0 Å². The van der Waals surface area contributed by atoms with Gasteiger partial charge in [-0.25, -0.2) is 4.68 Å². The molecule has 0 saturated carbocycles. The van der Waals surface area contributed by atoms with Gasteiger partial charge in [-0.05, 0) is 31.4 Å². The van der Waals surface area contributed by atoms with Crippen molar-refractivity contribution in [2.75, 3.05) is 6.54 Å².